The van der Waals surface area contributed by atoms with Gasteiger partial charge in [-0.2, -0.15) is 0 Å². The second-order valence-corrected chi connectivity index (χ2v) is 9.94. The number of carbonyl (C=O) groups excluding carboxylic acids is 1. The third kappa shape index (κ3) is 7.94. The molecule has 0 aliphatic carbocycles. The summed E-state index contributed by atoms with van der Waals surface area (Å²) in [6.07, 6.45) is 7.41. The van der Waals surface area contributed by atoms with E-state index in [1.165, 1.54) is 18.9 Å². The number of ether oxygens (including phenoxy) is 2. The summed E-state index contributed by atoms with van der Waals surface area (Å²) >= 11 is 0. The van der Waals surface area contributed by atoms with E-state index in [-0.39, 0.29) is 42.6 Å². The Bertz CT molecular complexity index is 1210. The molecule has 2 aromatic carbocycles. The van der Waals surface area contributed by atoms with Crippen molar-refractivity contribution in [2.24, 2.45) is 7.05 Å². The first-order valence-corrected chi connectivity index (χ1v) is 13.2. The van der Waals surface area contributed by atoms with Crippen molar-refractivity contribution in [3.63, 3.8) is 0 Å². The van der Waals surface area contributed by atoms with Crippen LogP contribution >= 0.6 is 24.8 Å². The molecule has 1 aromatic heterocycles. The van der Waals surface area contributed by atoms with Crippen molar-refractivity contribution in [1.29, 1.82) is 0 Å². The highest BCUT2D eigenvalue weighted by molar-refractivity contribution is 5.92. The van der Waals surface area contributed by atoms with Crippen molar-refractivity contribution in [2.45, 2.75) is 38.3 Å². The van der Waals surface area contributed by atoms with E-state index < -0.39 is 0 Å². The highest BCUT2D eigenvalue weighted by atomic mass is 35.5. The van der Waals surface area contributed by atoms with E-state index in [2.05, 4.69) is 9.88 Å². The summed E-state index contributed by atoms with van der Waals surface area (Å²) < 4.78 is 28.3. The zero-order chi connectivity index (χ0) is 25.6. The summed E-state index contributed by atoms with van der Waals surface area (Å²) in [4.78, 5) is 22.0. The van der Waals surface area contributed by atoms with Crippen LogP contribution in [0.1, 0.15) is 41.7 Å². The van der Waals surface area contributed by atoms with E-state index in [4.69, 9.17) is 9.47 Å². The first-order chi connectivity index (χ1) is 18.1. The van der Waals surface area contributed by atoms with Crippen LogP contribution in [-0.4, -0.2) is 70.8 Å². The molecule has 2 aliphatic rings. The predicted octanol–water partition coefficient (Wildman–Crippen LogP) is 5.37. The van der Waals surface area contributed by atoms with Crippen LogP contribution in [0.4, 0.5) is 4.39 Å². The molecule has 7 nitrogen and oxygen atoms in total. The summed E-state index contributed by atoms with van der Waals surface area (Å²) in [5.41, 5.74) is 2.54. The minimum atomic E-state index is -0.299. The summed E-state index contributed by atoms with van der Waals surface area (Å²) in [7, 11) is 1.85. The van der Waals surface area contributed by atoms with Crippen LogP contribution in [0.3, 0.4) is 0 Å². The van der Waals surface area contributed by atoms with Gasteiger partial charge in [0.1, 0.15) is 23.9 Å². The summed E-state index contributed by atoms with van der Waals surface area (Å²) in [6.45, 7) is 5.40. The fourth-order valence-corrected chi connectivity index (χ4v) is 5.17. The smallest absolute Gasteiger partial charge is 0.274 e. The summed E-state index contributed by atoms with van der Waals surface area (Å²) in [5.74, 6) is 0.314. The number of imidazole rings is 1. The molecule has 0 radical (unpaired) electrons. The van der Waals surface area contributed by atoms with Crippen molar-refractivity contribution < 1.29 is 18.7 Å². The van der Waals surface area contributed by atoms with Gasteiger partial charge < -0.3 is 18.9 Å². The average Bonchev–Trinajstić information content (AvgIpc) is 3.60. The minimum Gasteiger partial charge on any atom is -0.492 e. The van der Waals surface area contributed by atoms with Gasteiger partial charge in [-0.05, 0) is 74.2 Å². The van der Waals surface area contributed by atoms with Gasteiger partial charge >= 0.3 is 0 Å². The van der Waals surface area contributed by atoms with E-state index in [1.807, 2.05) is 42.3 Å². The molecule has 2 aliphatic heterocycles. The Balaban J connectivity index is 0.00000210. The van der Waals surface area contributed by atoms with Gasteiger partial charge in [-0.15, -0.1) is 24.8 Å². The predicted molar refractivity (Wildman–Crippen MR) is 154 cm³/mol. The lowest BCUT2D eigenvalue weighted by atomic mass is 10.0. The number of hydrogen-bond acceptors (Lipinski definition) is 5. The first kappa shape index (κ1) is 30.9. The number of likely N-dealkylation sites (tertiary alicyclic amines) is 1. The second-order valence-electron chi connectivity index (χ2n) is 9.94. The van der Waals surface area contributed by atoms with Crippen molar-refractivity contribution in [3.05, 3.63) is 72.1 Å². The first-order valence-electron chi connectivity index (χ1n) is 13.2. The van der Waals surface area contributed by atoms with Crippen molar-refractivity contribution in [1.82, 2.24) is 19.4 Å². The Morgan fingerprint density at radius 2 is 1.90 bits per heavy atom. The average molecular weight is 580 g/mol. The molecule has 0 atom stereocenters. The minimum absolute atomic E-state index is 0. The topological polar surface area (TPSA) is 59.8 Å². The third-order valence-corrected chi connectivity index (χ3v) is 7.22. The quantitative estimate of drug-likeness (QED) is 0.342. The number of hydrogen-bond donors (Lipinski definition) is 0. The second kappa shape index (κ2) is 14.7. The van der Waals surface area contributed by atoms with Crippen LogP contribution in [0.5, 0.6) is 5.75 Å². The lowest BCUT2D eigenvalue weighted by Crippen LogP contribution is -2.43. The molecule has 212 valence electrons. The maximum atomic E-state index is 15.0. The monoisotopic (exact) mass is 578 g/mol. The number of carbonyl (C=O) groups is 1. The number of nitrogens with zero attached hydrogens (tertiary/aromatic N) is 4. The molecule has 3 aromatic rings. The van der Waals surface area contributed by atoms with Gasteiger partial charge in [0.2, 0.25) is 0 Å². The zero-order valence-corrected chi connectivity index (χ0v) is 23.9. The standard InChI is InChI=1S/C29H35FN4O3.2ClH/c1-32-20-28(31-21-32)29(35)34(24-9-14-36-15-10-24)19-22-7-8-27(30)26(17-22)23-5-4-6-25(18-23)37-16-13-33-11-2-3-12-33;;/h4-8,17-18,20-21,24H,2-3,9-16,19H2,1H3;2*1H. The molecule has 0 saturated carbocycles. The fraction of sp³-hybridized carbons (Fsp3) is 0.448. The number of amides is 1. The number of benzene rings is 2. The van der Waals surface area contributed by atoms with Crippen molar-refractivity contribution >= 4 is 30.7 Å². The Morgan fingerprint density at radius 3 is 2.62 bits per heavy atom. The van der Waals surface area contributed by atoms with E-state index in [0.29, 0.717) is 37.6 Å². The lowest BCUT2D eigenvalue weighted by Gasteiger charge is -2.34. The van der Waals surface area contributed by atoms with E-state index in [1.54, 1.807) is 23.2 Å². The number of aromatic nitrogens is 2. The molecule has 5 rings (SSSR count). The third-order valence-electron chi connectivity index (χ3n) is 7.22. The molecular formula is C29H37Cl2FN4O3. The van der Waals surface area contributed by atoms with Crippen LogP contribution < -0.4 is 4.74 Å². The highest BCUT2D eigenvalue weighted by Crippen LogP contribution is 2.29. The van der Waals surface area contributed by atoms with Gasteiger partial charge in [-0.25, -0.2) is 9.37 Å². The summed E-state index contributed by atoms with van der Waals surface area (Å²) in [5, 5.41) is 0. The number of rotatable bonds is 9. The molecule has 0 spiro atoms. The SMILES string of the molecule is Cl.Cl.Cn1cnc(C(=O)N(Cc2ccc(F)c(-c3cccc(OCCN4CCCC4)c3)c2)C2CCOCC2)c1. The van der Waals surface area contributed by atoms with Gasteiger partial charge in [0.05, 0.1) is 6.33 Å². The molecule has 39 heavy (non-hydrogen) atoms. The summed E-state index contributed by atoms with van der Waals surface area (Å²) in [6, 6.07) is 12.7. The van der Waals surface area contributed by atoms with Crippen molar-refractivity contribution in [2.75, 3.05) is 39.5 Å². The van der Waals surface area contributed by atoms with E-state index >= 15 is 4.39 Å². The maximum absolute atomic E-state index is 15.0. The van der Waals surface area contributed by atoms with Gasteiger partial charge in [-0.3, -0.25) is 9.69 Å². The molecule has 2 saturated heterocycles. The van der Waals surface area contributed by atoms with E-state index in [9.17, 15) is 4.79 Å². The highest BCUT2D eigenvalue weighted by Gasteiger charge is 2.28. The molecule has 3 heterocycles. The van der Waals surface area contributed by atoms with Crippen molar-refractivity contribution in [3.8, 4) is 16.9 Å². The molecule has 2 fully saturated rings. The number of aryl methyl sites for hydroxylation is 1. The Morgan fingerprint density at radius 1 is 1.13 bits per heavy atom. The maximum Gasteiger partial charge on any atom is 0.274 e. The molecule has 0 bridgehead atoms. The van der Waals surface area contributed by atoms with E-state index in [0.717, 1.165) is 49.4 Å². The van der Waals surface area contributed by atoms with Crippen LogP contribution in [0, 0.1) is 5.82 Å². The fourth-order valence-electron chi connectivity index (χ4n) is 5.17. The van der Waals surface area contributed by atoms with Crippen LogP contribution in [0.15, 0.2) is 55.0 Å². The molecule has 0 unspecified atom stereocenters. The van der Waals surface area contributed by atoms with Crippen LogP contribution in [-0.2, 0) is 18.3 Å². The molecule has 1 amide bonds. The normalized spacial score (nSPS) is 15.8. The molecular weight excluding hydrogens is 542 g/mol. The Kier molecular flexibility index (Phi) is 11.6. The number of halogens is 3. The Hall–Kier alpha value is -2.65. The lowest BCUT2D eigenvalue weighted by molar-refractivity contribution is 0.0264. The largest absolute Gasteiger partial charge is 0.492 e. The van der Waals surface area contributed by atoms with Gasteiger partial charge in [-0.1, -0.05) is 18.2 Å². The zero-order valence-electron chi connectivity index (χ0n) is 22.3. The molecule has 0 N–H and O–H groups in total. The van der Waals surface area contributed by atoms with Gasteiger partial charge in [0.25, 0.3) is 5.91 Å². The van der Waals surface area contributed by atoms with Crippen LogP contribution in [0.25, 0.3) is 11.1 Å². The van der Waals surface area contributed by atoms with Crippen LogP contribution in [0.2, 0.25) is 0 Å². The Labute approximate surface area is 242 Å². The molecule has 10 heteroatoms. The van der Waals surface area contributed by atoms with Gasteiger partial charge in [0, 0.05) is 51.2 Å². The van der Waals surface area contributed by atoms with Gasteiger partial charge in [0.15, 0.2) is 0 Å².